The molecule has 0 N–H and O–H groups in total. The smallest absolute Gasteiger partial charge is 0.254 e. The van der Waals surface area contributed by atoms with Gasteiger partial charge in [0, 0.05) is 48.6 Å². The van der Waals surface area contributed by atoms with Crippen molar-refractivity contribution in [2.24, 2.45) is 0 Å². The van der Waals surface area contributed by atoms with Gasteiger partial charge >= 0.3 is 0 Å². The van der Waals surface area contributed by atoms with E-state index in [4.69, 9.17) is 11.6 Å². The van der Waals surface area contributed by atoms with Crippen LogP contribution in [0.4, 0.5) is 5.69 Å². The number of aryl methyl sites for hydroxylation is 1. The molecular formula is C21H24ClN5O. The number of anilines is 1. The van der Waals surface area contributed by atoms with Gasteiger partial charge in [0.05, 0.1) is 17.1 Å². The van der Waals surface area contributed by atoms with E-state index >= 15 is 0 Å². The number of rotatable bonds is 3. The highest BCUT2D eigenvalue weighted by Gasteiger charge is 2.25. The van der Waals surface area contributed by atoms with Crippen molar-refractivity contribution < 1.29 is 4.79 Å². The molecule has 0 atom stereocenters. The Bertz CT molecular complexity index is 1020. The molecule has 1 fully saturated rings. The lowest BCUT2D eigenvalue weighted by Gasteiger charge is -2.36. The molecule has 0 saturated carbocycles. The highest BCUT2D eigenvalue weighted by atomic mass is 35.5. The fourth-order valence-corrected chi connectivity index (χ4v) is 3.89. The topological polar surface area (TPSA) is 54.3 Å². The van der Waals surface area contributed by atoms with Gasteiger partial charge in [0.1, 0.15) is 0 Å². The number of pyridine rings is 1. The molecule has 1 amide bonds. The van der Waals surface area contributed by atoms with Gasteiger partial charge < -0.3 is 9.80 Å². The first-order valence-electron chi connectivity index (χ1n) is 9.58. The molecule has 4 rings (SSSR count). The van der Waals surface area contributed by atoms with Crippen molar-refractivity contribution in [1.82, 2.24) is 19.7 Å². The Labute approximate surface area is 169 Å². The molecule has 1 aliphatic heterocycles. The number of nitrogens with zero attached hydrogens (tertiary/aromatic N) is 5. The molecule has 28 heavy (non-hydrogen) atoms. The van der Waals surface area contributed by atoms with Crippen molar-refractivity contribution in [3.8, 4) is 0 Å². The number of fused-ring (bicyclic) bond motifs is 1. The van der Waals surface area contributed by atoms with E-state index in [0.29, 0.717) is 18.7 Å². The minimum atomic E-state index is 0.0459. The molecule has 6 nitrogen and oxygen atoms in total. The van der Waals surface area contributed by atoms with Gasteiger partial charge in [-0.2, -0.15) is 5.10 Å². The van der Waals surface area contributed by atoms with Gasteiger partial charge in [-0.3, -0.25) is 4.79 Å². The Hall–Kier alpha value is -2.60. The third-order valence-corrected chi connectivity index (χ3v) is 5.39. The second-order valence-corrected chi connectivity index (χ2v) is 7.93. The van der Waals surface area contributed by atoms with Crippen molar-refractivity contribution in [2.45, 2.75) is 26.8 Å². The lowest BCUT2D eigenvalue weighted by atomic mass is 10.1. The van der Waals surface area contributed by atoms with Gasteiger partial charge in [-0.05, 0) is 45.0 Å². The Morgan fingerprint density at radius 1 is 1.14 bits per heavy atom. The summed E-state index contributed by atoms with van der Waals surface area (Å²) in [6.07, 6.45) is 1.76. The number of aromatic nitrogens is 3. The van der Waals surface area contributed by atoms with Crippen LogP contribution in [-0.2, 0) is 0 Å². The Kier molecular flexibility index (Phi) is 4.98. The molecule has 0 radical (unpaired) electrons. The van der Waals surface area contributed by atoms with E-state index in [2.05, 4.69) is 34.9 Å². The first-order valence-corrected chi connectivity index (χ1v) is 9.96. The van der Waals surface area contributed by atoms with Crippen LogP contribution in [0.25, 0.3) is 11.0 Å². The highest BCUT2D eigenvalue weighted by Crippen LogP contribution is 2.24. The van der Waals surface area contributed by atoms with E-state index in [0.717, 1.165) is 40.5 Å². The summed E-state index contributed by atoms with van der Waals surface area (Å²) in [5.41, 5.74) is 3.39. The van der Waals surface area contributed by atoms with Crippen molar-refractivity contribution >= 4 is 34.2 Å². The summed E-state index contributed by atoms with van der Waals surface area (Å²) in [5.74, 6) is 0.0459. The van der Waals surface area contributed by atoms with Crippen LogP contribution < -0.4 is 4.90 Å². The normalized spacial score (nSPS) is 14.9. The summed E-state index contributed by atoms with van der Waals surface area (Å²) >= 11 is 6.11. The van der Waals surface area contributed by atoms with Gasteiger partial charge in [0.15, 0.2) is 5.65 Å². The Morgan fingerprint density at radius 2 is 1.89 bits per heavy atom. The largest absolute Gasteiger partial charge is 0.368 e. The standard InChI is InChI=1S/C21H24ClN5O/c1-14(2)27-20-19(13-23-27)18(11-15(3)24-20)21(28)26-9-7-25(8-10-26)17-6-4-5-16(22)12-17/h4-6,11-14H,7-10H2,1-3H3. The lowest BCUT2D eigenvalue weighted by molar-refractivity contribution is 0.0748. The van der Waals surface area contributed by atoms with Gasteiger partial charge in [0.2, 0.25) is 0 Å². The molecule has 0 spiro atoms. The molecule has 2 aromatic heterocycles. The van der Waals surface area contributed by atoms with Crippen molar-refractivity contribution in [3.05, 3.63) is 52.8 Å². The van der Waals surface area contributed by atoms with E-state index in [9.17, 15) is 4.79 Å². The molecular weight excluding hydrogens is 374 g/mol. The van der Waals surface area contributed by atoms with Crippen LogP contribution in [0.2, 0.25) is 5.02 Å². The van der Waals surface area contributed by atoms with E-state index in [1.807, 2.05) is 40.8 Å². The minimum absolute atomic E-state index is 0.0459. The average Bonchev–Trinajstić information content (AvgIpc) is 3.11. The zero-order valence-electron chi connectivity index (χ0n) is 16.4. The summed E-state index contributed by atoms with van der Waals surface area (Å²) in [4.78, 5) is 22.1. The molecule has 0 aliphatic carbocycles. The zero-order chi connectivity index (χ0) is 19.8. The van der Waals surface area contributed by atoms with Crippen LogP contribution in [0.15, 0.2) is 36.5 Å². The van der Waals surface area contributed by atoms with Gasteiger partial charge in [-0.15, -0.1) is 0 Å². The van der Waals surface area contributed by atoms with Gasteiger partial charge in [0.25, 0.3) is 5.91 Å². The van der Waals surface area contributed by atoms with Crippen LogP contribution in [0.1, 0.15) is 35.9 Å². The highest BCUT2D eigenvalue weighted by molar-refractivity contribution is 6.30. The van der Waals surface area contributed by atoms with Crippen LogP contribution in [0.3, 0.4) is 0 Å². The van der Waals surface area contributed by atoms with Crippen molar-refractivity contribution in [1.29, 1.82) is 0 Å². The summed E-state index contributed by atoms with van der Waals surface area (Å²) in [6.45, 7) is 8.96. The molecule has 0 bridgehead atoms. The number of hydrogen-bond donors (Lipinski definition) is 0. The number of piperazine rings is 1. The molecule has 3 aromatic rings. The monoisotopic (exact) mass is 397 g/mol. The van der Waals surface area contributed by atoms with Crippen LogP contribution >= 0.6 is 11.6 Å². The second-order valence-electron chi connectivity index (χ2n) is 7.49. The predicted octanol–water partition coefficient (Wildman–Crippen LogP) is 3.94. The first-order chi connectivity index (χ1) is 13.4. The molecule has 3 heterocycles. The number of hydrogen-bond acceptors (Lipinski definition) is 4. The number of carbonyl (C=O) groups is 1. The maximum atomic E-state index is 13.3. The van der Waals surface area contributed by atoms with Crippen LogP contribution in [0.5, 0.6) is 0 Å². The third kappa shape index (κ3) is 3.44. The molecule has 1 aromatic carbocycles. The summed E-state index contributed by atoms with van der Waals surface area (Å²) in [6, 6.07) is 9.92. The van der Waals surface area contributed by atoms with Crippen molar-refractivity contribution in [3.63, 3.8) is 0 Å². The number of halogens is 1. The van der Waals surface area contributed by atoms with Crippen LogP contribution in [-0.4, -0.2) is 51.8 Å². The fourth-order valence-electron chi connectivity index (χ4n) is 3.71. The number of amides is 1. The van der Waals surface area contributed by atoms with Gasteiger partial charge in [-0.1, -0.05) is 17.7 Å². The van der Waals surface area contributed by atoms with E-state index in [1.54, 1.807) is 6.20 Å². The second kappa shape index (κ2) is 7.43. The Balaban J connectivity index is 1.56. The average molecular weight is 398 g/mol. The molecule has 0 unspecified atom stereocenters. The van der Waals surface area contributed by atoms with E-state index < -0.39 is 0 Å². The summed E-state index contributed by atoms with van der Waals surface area (Å²) < 4.78 is 1.87. The summed E-state index contributed by atoms with van der Waals surface area (Å²) in [7, 11) is 0. The first kappa shape index (κ1) is 18.7. The van der Waals surface area contributed by atoms with E-state index in [-0.39, 0.29) is 11.9 Å². The van der Waals surface area contributed by atoms with Gasteiger partial charge in [-0.25, -0.2) is 9.67 Å². The summed E-state index contributed by atoms with van der Waals surface area (Å²) in [5, 5.41) is 6.00. The number of benzene rings is 1. The fraction of sp³-hybridized carbons (Fsp3) is 0.381. The third-order valence-electron chi connectivity index (χ3n) is 5.15. The maximum Gasteiger partial charge on any atom is 0.254 e. The number of carbonyl (C=O) groups excluding carboxylic acids is 1. The Morgan fingerprint density at radius 3 is 2.57 bits per heavy atom. The van der Waals surface area contributed by atoms with Crippen molar-refractivity contribution in [2.75, 3.05) is 31.1 Å². The maximum absolute atomic E-state index is 13.3. The molecule has 146 valence electrons. The molecule has 1 aliphatic rings. The SMILES string of the molecule is Cc1cc(C(=O)N2CCN(c3cccc(Cl)c3)CC2)c2cnn(C(C)C)c2n1. The lowest BCUT2D eigenvalue weighted by Crippen LogP contribution is -2.48. The molecule has 7 heteroatoms. The zero-order valence-corrected chi connectivity index (χ0v) is 17.1. The van der Waals surface area contributed by atoms with Crippen LogP contribution in [0, 0.1) is 6.92 Å². The quantitative estimate of drug-likeness (QED) is 0.671. The predicted molar refractivity (Wildman–Crippen MR) is 112 cm³/mol. The minimum Gasteiger partial charge on any atom is -0.368 e. The molecule has 1 saturated heterocycles. The van der Waals surface area contributed by atoms with E-state index in [1.165, 1.54) is 0 Å².